The molecule has 1 aliphatic heterocycles. The van der Waals surface area contributed by atoms with Gasteiger partial charge in [-0.15, -0.1) is 0 Å². The SMILES string of the molecule is CCCCC(=O)N(CCCCCNC(=O)c1ccccc1)CCC(=O)Nc1ccc(O[C@@H]2O[C@H](CO)[C@H]([Na])[C@H](O)[C@H]2NC(C)=O)cc1.O=S(=O)(O)O. The van der Waals surface area contributed by atoms with Crippen LogP contribution < -0.4 is 20.7 Å². The number of nitrogens with zero attached hydrogens (tertiary/aromatic N) is 1. The van der Waals surface area contributed by atoms with Gasteiger partial charge < -0.3 is 10.2 Å². The molecule has 2 aromatic rings. The number of unbranched alkanes of at least 4 members (excludes halogenated alkanes) is 3. The largest absolute Gasteiger partial charge is 0.394 e. The summed E-state index contributed by atoms with van der Waals surface area (Å²) in [5, 5.41) is 28.9. The summed E-state index contributed by atoms with van der Waals surface area (Å²) in [6.45, 7) is 4.51. The number of anilines is 1. The molecule has 0 aromatic heterocycles. The van der Waals surface area contributed by atoms with Crippen molar-refractivity contribution in [2.24, 2.45) is 0 Å². The topological polar surface area (TPSA) is 241 Å². The van der Waals surface area contributed by atoms with E-state index in [0.29, 0.717) is 71.0 Å². The van der Waals surface area contributed by atoms with Gasteiger partial charge in [-0.3, -0.25) is 18.7 Å². The quantitative estimate of drug-likeness (QED) is 0.0655. The monoisotopic (exact) mass is 760 g/mol. The number of ether oxygens (including phenoxy) is 2. The molecule has 2 aromatic carbocycles. The number of aliphatic hydroxyl groups excluding tert-OH is 2. The van der Waals surface area contributed by atoms with Crippen LogP contribution in [0.3, 0.4) is 0 Å². The third-order valence-electron chi connectivity index (χ3n) is 8.17. The number of aliphatic hydroxyl groups is 2. The molecule has 0 spiro atoms. The zero-order valence-electron chi connectivity index (χ0n) is 29.8. The molecule has 52 heavy (non-hydrogen) atoms. The van der Waals surface area contributed by atoms with E-state index in [-0.39, 0.29) is 39.8 Å². The molecule has 0 radical (unpaired) electrons. The van der Waals surface area contributed by atoms with Crippen molar-refractivity contribution in [1.29, 1.82) is 0 Å². The molecule has 0 aliphatic carbocycles. The Morgan fingerprint density at radius 1 is 0.942 bits per heavy atom. The molecule has 0 saturated carbocycles. The fourth-order valence-electron chi connectivity index (χ4n) is 5.34. The van der Waals surface area contributed by atoms with Crippen LogP contribution in [0.2, 0.25) is 3.17 Å². The van der Waals surface area contributed by atoms with Crippen molar-refractivity contribution in [2.45, 2.75) is 86.5 Å². The molecule has 16 nitrogen and oxygen atoms in total. The molecule has 0 unspecified atom stereocenters. The van der Waals surface area contributed by atoms with Crippen LogP contribution in [0.25, 0.3) is 0 Å². The maximum atomic E-state index is 12.9. The maximum absolute atomic E-state index is 12.9. The van der Waals surface area contributed by atoms with E-state index in [2.05, 4.69) is 16.0 Å². The molecular weight excluding hydrogens is 711 g/mol. The maximum Gasteiger partial charge on any atom is 0.394 e. The summed E-state index contributed by atoms with van der Waals surface area (Å²) in [5.74, 6) is -0.242. The first-order valence-electron chi connectivity index (χ1n) is 17.2. The van der Waals surface area contributed by atoms with E-state index in [9.17, 15) is 29.4 Å². The van der Waals surface area contributed by atoms with E-state index in [1.54, 1.807) is 41.3 Å². The van der Waals surface area contributed by atoms with Crippen molar-refractivity contribution in [3.05, 3.63) is 60.2 Å². The van der Waals surface area contributed by atoms with Gasteiger partial charge in [0.1, 0.15) is 0 Å². The minimum absolute atomic E-state index is 0.0336. The van der Waals surface area contributed by atoms with Crippen LogP contribution in [0.5, 0.6) is 5.75 Å². The Morgan fingerprint density at radius 2 is 1.60 bits per heavy atom. The first kappa shape index (κ1) is 45.0. The van der Waals surface area contributed by atoms with Gasteiger partial charge in [0.05, 0.1) is 0 Å². The van der Waals surface area contributed by atoms with Crippen LogP contribution in [0, 0.1) is 0 Å². The van der Waals surface area contributed by atoms with Crippen LogP contribution in [0.15, 0.2) is 54.6 Å². The molecule has 7 N–H and O–H groups in total. The normalized spacial score (nSPS) is 19.7. The second-order valence-corrected chi connectivity index (χ2v) is 14.6. The van der Waals surface area contributed by atoms with Crippen LogP contribution in [-0.4, -0.2) is 135 Å². The van der Waals surface area contributed by atoms with E-state index >= 15 is 0 Å². The number of hydrogen-bond donors (Lipinski definition) is 7. The van der Waals surface area contributed by atoms with Crippen LogP contribution in [0.1, 0.15) is 69.2 Å². The Morgan fingerprint density at radius 3 is 2.19 bits per heavy atom. The molecule has 1 heterocycles. The van der Waals surface area contributed by atoms with E-state index in [1.807, 2.05) is 25.1 Å². The Labute approximate surface area is 322 Å². The Balaban J connectivity index is 0.00000175. The summed E-state index contributed by atoms with van der Waals surface area (Å²) in [5.41, 5.74) is 1.17. The van der Waals surface area contributed by atoms with Gasteiger partial charge in [-0.2, -0.15) is 8.42 Å². The minimum atomic E-state index is -4.67. The van der Waals surface area contributed by atoms with Crippen LogP contribution in [-0.2, 0) is 29.5 Å². The molecule has 1 aliphatic rings. The number of carbonyl (C=O) groups excluding carboxylic acids is 4. The zero-order chi connectivity index (χ0) is 38.7. The summed E-state index contributed by atoms with van der Waals surface area (Å²) in [7, 11) is -4.67. The van der Waals surface area contributed by atoms with Crippen molar-refractivity contribution in [2.75, 3.05) is 31.6 Å². The number of benzene rings is 2. The number of nitrogens with one attached hydrogen (secondary N) is 3. The van der Waals surface area contributed by atoms with Gasteiger partial charge in [0.25, 0.3) is 5.91 Å². The molecule has 284 valence electrons. The second-order valence-electron chi connectivity index (χ2n) is 12.4. The zero-order valence-corrected chi connectivity index (χ0v) is 32.6. The molecule has 4 amide bonds. The van der Waals surface area contributed by atoms with Gasteiger partial charge in [-0.25, -0.2) is 0 Å². The first-order valence-corrected chi connectivity index (χ1v) is 19.8. The number of carbonyl (C=O) groups is 4. The van der Waals surface area contributed by atoms with Crippen LogP contribution >= 0.6 is 0 Å². The minimum Gasteiger partial charge on any atom is -0.264 e. The molecule has 1 fully saturated rings. The number of rotatable bonds is 18. The van der Waals surface area contributed by atoms with E-state index in [1.165, 1.54) is 6.92 Å². The fourth-order valence-corrected chi connectivity index (χ4v) is 6.13. The van der Waals surface area contributed by atoms with Gasteiger partial charge in [0, 0.05) is 31.6 Å². The van der Waals surface area contributed by atoms with Gasteiger partial charge in [0.15, 0.2) is 0 Å². The number of amides is 4. The van der Waals surface area contributed by atoms with Gasteiger partial charge in [-0.1, -0.05) is 31.5 Å². The first-order chi connectivity index (χ1) is 24.6. The summed E-state index contributed by atoms with van der Waals surface area (Å²) in [6, 6.07) is 14.9. The fraction of sp³-hybridized carbons (Fsp3) is 0.529. The van der Waals surface area contributed by atoms with Gasteiger partial charge in [-0.05, 0) is 37.8 Å². The van der Waals surface area contributed by atoms with E-state index in [0.717, 1.165) is 32.1 Å². The average molecular weight is 761 g/mol. The molecular formula is C34H49N4NaO12S. The molecule has 18 heteroatoms. The van der Waals surface area contributed by atoms with Crippen molar-refractivity contribution >= 4 is 67.6 Å². The van der Waals surface area contributed by atoms with Gasteiger partial charge >= 0.3 is 173 Å². The van der Waals surface area contributed by atoms with Crippen molar-refractivity contribution in [3.8, 4) is 5.75 Å². The summed E-state index contributed by atoms with van der Waals surface area (Å²) < 4.78 is 43.1. The molecule has 3 rings (SSSR count). The third kappa shape index (κ3) is 17.6. The summed E-state index contributed by atoms with van der Waals surface area (Å²) in [6.07, 6.45) is 2.13. The predicted molar refractivity (Wildman–Crippen MR) is 192 cm³/mol. The Kier molecular flexibility index (Phi) is 20.4. The standard InChI is InChI=1S/C34H47N4O8.Na.H2O4S/c1-3-4-13-31(43)38(20-10-6-9-19-35-33(44)25-11-7-5-8-12-25)21-18-30(42)37-26-14-16-27(17-15-26)45-34-32(36-24(2)40)29(41)22-28(23-39)46-34;;1-5(2,3)4/h5,7-8,11-12,14-17,22,28-29,32,34,39,41H,3-4,6,9-10,13,18-21,23H2,1-2H3,(H,35,44)(H,36,40)(H,37,42);;(H2,1,2,3,4)/t28-,29-,32+,34+;;/m0../s1. The Hall–Kier alpha value is -3.13. The van der Waals surface area contributed by atoms with Crippen molar-refractivity contribution in [1.82, 2.24) is 15.5 Å². The van der Waals surface area contributed by atoms with Crippen molar-refractivity contribution in [3.63, 3.8) is 0 Å². The summed E-state index contributed by atoms with van der Waals surface area (Å²) >= 11 is 0.554. The van der Waals surface area contributed by atoms with Gasteiger partial charge in [0.2, 0.25) is 5.91 Å². The number of hydrogen-bond acceptors (Lipinski definition) is 10. The van der Waals surface area contributed by atoms with Crippen molar-refractivity contribution < 1.29 is 56.4 Å². The third-order valence-corrected chi connectivity index (χ3v) is 9.59. The summed E-state index contributed by atoms with van der Waals surface area (Å²) in [4.78, 5) is 51.4. The predicted octanol–water partition coefficient (Wildman–Crippen LogP) is 1.90. The molecule has 0 bridgehead atoms. The average Bonchev–Trinajstić information content (AvgIpc) is 3.09. The smallest absolute Gasteiger partial charge is 0.264 e. The Bertz CT molecular complexity index is 1510. The second kappa shape index (κ2) is 23.5. The van der Waals surface area contributed by atoms with E-state index < -0.39 is 34.9 Å². The van der Waals surface area contributed by atoms with Crippen LogP contribution in [0.4, 0.5) is 5.69 Å². The van der Waals surface area contributed by atoms with E-state index in [4.69, 9.17) is 27.0 Å². The molecule has 5 atom stereocenters. The molecule has 1 saturated heterocycles.